The number of hydrogen-bond donors (Lipinski definition) is 1. The monoisotopic (exact) mass is 227 g/mol. The summed E-state index contributed by atoms with van der Waals surface area (Å²) in [5.41, 5.74) is 6.77. The molecule has 1 fully saturated rings. The van der Waals surface area contributed by atoms with E-state index in [1.807, 2.05) is 6.92 Å². The summed E-state index contributed by atoms with van der Waals surface area (Å²) < 4.78 is 0.885. The lowest BCUT2D eigenvalue weighted by molar-refractivity contribution is 0.934. The van der Waals surface area contributed by atoms with Gasteiger partial charge in [-0.15, -0.1) is 0 Å². The minimum absolute atomic E-state index is 0.560. The van der Waals surface area contributed by atoms with Gasteiger partial charge in [-0.3, -0.25) is 0 Å². The highest BCUT2D eigenvalue weighted by atomic mass is 79.9. The first-order valence-electron chi connectivity index (χ1n) is 3.98. The van der Waals surface area contributed by atoms with Gasteiger partial charge in [0.25, 0.3) is 0 Å². The van der Waals surface area contributed by atoms with Crippen molar-refractivity contribution in [2.75, 3.05) is 5.73 Å². The first-order chi connectivity index (χ1) is 5.68. The Bertz CT molecular complexity index is 320. The minimum atomic E-state index is 0.560. The van der Waals surface area contributed by atoms with E-state index < -0.39 is 0 Å². The van der Waals surface area contributed by atoms with E-state index in [4.69, 9.17) is 5.73 Å². The summed E-state index contributed by atoms with van der Waals surface area (Å²) in [6.07, 6.45) is 2.46. The lowest BCUT2D eigenvalue weighted by atomic mass is 10.3. The Hall–Kier alpha value is -0.640. The van der Waals surface area contributed by atoms with E-state index in [-0.39, 0.29) is 0 Å². The molecule has 0 amide bonds. The Kier molecular flexibility index (Phi) is 1.79. The summed E-state index contributed by atoms with van der Waals surface area (Å²) in [4.78, 5) is 8.42. The average molecular weight is 228 g/mol. The van der Waals surface area contributed by atoms with Crippen molar-refractivity contribution in [1.82, 2.24) is 9.97 Å². The molecule has 0 bridgehead atoms. The van der Waals surface area contributed by atoms with Crippen LogP contribution in [0.25, 0.3) is 0 Å². The second kappa shape index (κ2) is 2.69. The zero-order valence-electron chi connectivity index (χ0n) is 6.84. The van der Waals surface area contributed by atoms with Crippen LogP contribution in [0.3, 0.4) is 0 Å². The predicted octanol–water partition coefficient (Wildman–Crippen LogP) is 2.01. The van der Waals surface area contributed by atoms with Crippen molar-refractivity contribution in [2.45, 2.75) is 25.7 Å². The van der Waals surface area contributed by atoms with Crippen LogP contribution in [0.1, 0.15) is 30.3 Å². The lowest BCUT2D eigenvalue weighted by Gasteiger charge is -2.04. The molecule has 0 atom stereocenters. The molecular formula is C8H10BrN3. The maximum Gasteiger partial charge on any atom is 0.141 e. The minimum Gasteiger partial charge on any atom is -0.383 e. The number of nitrogen functional groups attached to an aromatic ring is 1. The lowest BCUT2D eigenvalue weighted by Crippen LogP contribution is -2.01. The SMILES string of the molecule is Cc1nc(N)c(Br)c(C2CC2)n1. The topological polar surface area (TPSA) is 51.8 Å². The zero-order valence-corrected chi connectivity index (χ0v) is 8.43. The molecule has 1 aliphatic rings. The highest BCUT2D eigenvalue weighted by molar-refractivity contribution is 9.10. The van der Waals surface area contributed by atoms with Crippen LogP contribution in [0, 0.1) is 6.92 Å². The molecule has 1 aromatic rings. The number of nitrogens with two attached hydrogens (primary N) is 1. The van der Waals surface area contributed by atoms with Crippen LogP contribution in [0.5, 0.6) is 0 Å². The van der Waals surface area contributed by atoms with E-state index in [0.717, 1.165) is 16.0 Å². The van der Waals surface area contributed by atoms with E-state index in [1.54, 1.807) is 0 Å². The number of aromatic nitrogens is 2. The Morgan fingerprint density at radius 3 is 2.67 bits per heavy atom. The summed E-state index contributed by atoms with van der Waals surface area (Å²) >= 11 is 3.40. The van der Waals surface area contributed by atoms with Crippen molar-refractivity contribution in [3.8, 4) is 0 Å². The molecule has 1 saturated carbocycles. The van der Waals surface area contributed by atoms with Gasteiger partial charge in [0.1, 0.15) is 11.6 Å². The highest BCUT2D eigenvalue weighted by Gasteiger charge is 2.28. The van der Waals surface area contributed by atoms with Crippen LogP contribution >= 0.6 is 15.9 Å². The third kappa shape index (κ3) is 1.31. The van der Waals surface area contributed by atoms with E-state index >= 15 is 0 Å². The van der Waals surface area contributed by atoms with Crippen molar-refractivity contribution < 1.29 is 0 Å². The van der Waals surface area contributed by atoms with E-state index in [2.05, 4.69) is 25.9 Å². The molecule has 0 spiro atoms. The maximum absolute atomic E-state index is 5.69. The van der Waals surface area contributed by atoms with Crippen LogP contribution in [-0.4, -0.2) is 9.97 Å². The Morgan fingerprint density at radius 1 is 1.42 bits per heavy atom. The predicted molar refractivity (Wildman–Crippen MR) is 50.9 cm³/mol. The summed E-state index contributed by atoms with van der Waals surface area (Å²) in [6.45, 7) is 1.87. The average Bonchev–Trinajstić information content (AvgIpc) is 2.79. The molecule has 4 heteroatoms. The number of hydrogen-bond acceptors (Lipinski definition) is 3. The molecule has 1 aromatic heterocycles. The molecule has 3 nitrogen and oxygen atoms in total. The van der Waals surface area contributed by atoms with Gasteiger partial charge >= 0.3 is 0 Å². The Morgan fingerprint density at radius 2 is 2.08 bits per heavy atom. The molecule has 0 unspecified atom stereocenters. The fourth-order valence-electron chi connectivity index (χ4n) is 1.23. The normalized spacial score (nSPS) is 16.5. The van der Waals surface area contributed by atoms with Crippen molar-refractivity contribution in [1.29, 1.82) is 0 Å². The van der Waals surface area contributed by atoms with Gasteiger partial charge in [0, 0.05) is 5.92 Å². The number of halogens is 1. The zero-order chi connectivity index (χ0) is 8.72. The van der Waals surface area contributed by atoms with Gasteiger partial charge in [0.2, 0.25) is 0 Å². The molecular weight excluding hydrogens is 218 g/mol. The smallest absolute Gasteiger partial charge is 0.141 e. The van der Waals surface area contributed by atoms with Crippen LogP contribution in [-0.2, 0) is 0 Å². The molecule has 0 radical (unpaired) electrons. The third-order valence-electron chi connectivity index (χ3n) is 1.98. The second-order valence-corrected chi connectivity index (χ2v) is 3.92. The van der Waals surface area contributed by atoms with Gasteiger partial charge in [-0.25, -0.2) is 9.97 Å². The number of aryl methyl sites for hydroxylation is 1. The number of anilines is 1. The van der Waals surface area contributed by atoms with Crippen molar-refractivity contribution >= 4 is 21.7 Å². The molecule has 2 N–H and O–H groups in total. The third-order valence-corrected chi connectivity index (χ3v) is 2.79. The van der Waals surface area contributed by atoms with Crippen LogP contribution in [0.2, 0.25) is 0 Å². The van der Waals surface area contributed by atoms with Crippen molar-refractivity contribution in [2.24, 2.45) is 0 Å². The quantitative estimate of drug-likeness (QED) is 0.799. The molecule has 2 rings (SSSR count). The van der Waals surface area contributed by atoms with Gasteiger partial charge < -0.3 is 5.73 Å². The maximum atomic E-state index is 5.69. The van der Waals surface area contributed by atoms with E-state index in [9.17, 15) is 0 Å². The Balaban J connectivity index is 2.51. The van der Waals surface area contributed by atoms with Crippen molar-refractivity contribution in [3.05, 3.63) is 16.0 Å². The summed E-state index contributed by atoms with van der Waals surface area (Å²) in [7, 11) is 0. The molecule has 0 aliphatic heterocycles. The van der Waals surface area contributed by atoms with E-state index in [0.29, 0.717) is 11.7 Å². The first kappa shape index (κ1) is 7.98. The van der Waals surface area contributed by atoms with Gasteiger partial charge in [0.05, 0.1) is 10.2 Å². The summed E-state index contributed by atoms with van der Waals surface area (Å²) in [6, 6.07) is 0. The van der Waals surface area contributed by atoms with Gasteiger partial charge in [-0.05, 0) is 35.7 Å². The molecule has 0 aromatic carbocycles. The van der Waals surface area contributed by atoms with Crippen LogP contribution in [0.4, 0.5) is 5.82 Å². The number of nitrogens with zero attached hydrogens (tertiary/aromatic N) is 2. The fourth-order valence-corrected chi connectivity index (χ4v) is 1.73. The first-order valence-corrected chi connectivity index (χ1v) is 4.77. The van der Waals surface area contributed by atoms with Crippen LogP contribution in [0.15, 0.2) is 4.47 Å². The van der Waals surface area contributed by atoms with Gasteiger partial charge in [0.15, 0.2) is 0 Å². The van der Waals surface area contributed by atoms with E-state index in [1.165, 1.54) is 12.8 Å². The molecule has 12 heavy (non-hydrogen) atoms. The Labute approximate surface area is 79.5 Å². The largest absolute Gasteiger partial charge is 0.383 e. The van der Waals surface area contributed by atoms with Crippen molar-refractivity contribution in [3.63, 3.8) is 0 Å². The fraction of sp³-hybridized carbons (Fsp3) is 0.500. The molecule has 0 saturated heterocycles. The standard InChI is InChI=1S/C8H10BrN3/c1-4-11-7(5-2-3-5)6(9)8(10)12-4/h5H,2-3H2,1H3,(H2,10,11,12). The highest BCUT2D eigenvalue weighted by Crippen LogP contribution is 2.43. The molecule has 1 heterocycles. The van der Waals surface area contributed by atoms with Gasteiger partial charge in [-0.1, -0.05) is 0 Å². The van der Waals surface area contributed by atoms with Crippen LogP contribution < -0.4 is 5.73 Å². The summed E-state index contributed by atoms with van der Waals surface area (Å²) in [5.74, 6) is 1.94. The molecule has 64 valence electrons. The van der Waals surface area contributed by atoms with Gasteiger partial charge in [-0.2, -0.15) is 0 Å². The second-order valence-electron chi connectivity index (χ2n) is 3.13. The molecule has 1 aliphatic carbocycles. The summed E-state index contributed by atoms with van der Waals surface area (Å²) in [5, 5.41) is 0. The number of rotatable bonds is 1.